The molecule has 1 aliphatic rings. The molecular weight excluding hydrogens is 160 g/mol. The summed E-state index contributed by atoms with van der Waals surface area (Å²) in [6, 6.07) is 0. The molecule has 0 aromatic rings. The van der Waals surface area contributed by atoms with Gasteiger partial charge in [0.2, 0.25) is 0 Å². The van der Waals surface area contributed by atoms with Gasteiger partial charge in [-0.15, -0.1) is 0 Å². The maximum atomic E-state index is 5.93. The lowest BCUT2D eigenvalue weighted by Crippen LogP contribution is -2.34. The van der Waals surface area contributed by atoms with E-state index in [0.717, 1.165) is 18.4 Å². The normalized spacial score (nSPS) is 34.8. The summed E-state index contributed by atoms with van der Waals surface area (Å²) in [6.45, 7) is 7.84. The Morgan fingerprint density at radius 3 is 2.46 bits per heavy atom. The van der Waals surface area contributed by atoms with Gasteiger partial charge in [0.1, 0.15) is 0 Å². The lowest BCUT2D eigenvalue weighted by atomic mass is 9.83. The minimum absolute atomic E-state index is 0.567. The Bertz CT molecular complexity index is 133. The molecule has 0 aliphatic carbocycles. The van der Waals surface area contributed by atoms with E-state index in [-0.39, 0.29) is 0 Å². The van der Waals surface area contributed by atoms with Crippen LogP contribution in [-0.2, 0) is 4.74 Å². The third-order valence-electron chi connectivity index (χ3n) is 3.38. The highest BCUT2D eigenvalue weighted by Crippen LogP contribution is 2.31. The summed E-state index contributed by atoms with van der Waals surface area (Å²) >= 11 is 0. The van der Waals surface area contributed by atoms with Crippen LogP contribution in [0.4, 0.5) is 0 Å². The van der Waals surface area contributed by atoms with Gasteiger partial charge in [0.25, 0.3) is 0 Å². The molecule has 1 heterocycles. The molecule has 0 N–H and O–H groups in total. The van der Waals surface area contributed by atoms with E-state index in [1.165, 1.54) is 32.1 Å². The summed E-state index contributed by atoms with van der Waals surface area (Å²) in [5.41, 5.74) is 0. The van der Waals surface area contributed by atoms with E-state index in [2.05, 4.69) is 20.8 Å². The molecular formula is C12H24O. The zero-order valence-electron chi connectivity index (χ0n) is 9.38. The molecule has 1 rings (SSSR count). The van der Waals surface area contributed by atoms with Gasteiger partial charge in [-0.2, -0.15) is 0 Å². The largest absolute Gasteiger partial charge is 0.378 e. The van der Waals surface area contributed by atoms with Crippen LogP contribution in [0.1, 0.15) is 52.9 Å². The summed E-state index contributed by atoms with van der Waals surface area (Å²) in [6.07, 6.45) is 7.07. The minimum Gasteiger partial charge on any atom is -0.378 e. The maximum Gasteiger partial charge on any atom is 0.0603 e. The number of rotatable bonds is 4. The van der Waals surface area contributed by atoms with E-state index in [1.54, 1.807) is 0 Å². The van der Waals surface area contributed by atoms with Gasteiger partial charge in [0, 0.05) is 6.61 Å². The Balaban J connectivity index is 2.40. The van der Waals surface area contributed by atoms with Gasteiger partial charge < -0.3 is 4.74 Å². The van der Waals surface area contributed by atoms with Gasteiger partial charge in [-0.1, -0.05) is 40.0 Å². The van der Waals surface area contributed by atoms with Crippen molar-refractivity contribution in [3.63, 3.8) is 0 Å². The lowest BCUT2D eigenvalue weighted by Gasteiger charge is -2.35. The van der Waals surface area contributed by atoms with Crippen molar-refractivity contribution in [1.82, 2.24) is 0 Å². The quantitative estimate of drug-likeness (QED) is 0.648. The zero-order valence-corrected chi connectivity index (χ0v) is 9.38. The van der Waals surface area contributed by atoms with Gasteiger partial charge in [-0.25, -0.2) is 0 Å². The molecule has 1 fully saturated rings. The van der Waals surface area contributed by atoms with Gasteiger partial charge >= 0.3 is 0 Å². The van der Waals surface area contributed by atoms with Crippen molar-refractivity contribution < 1.29 is 4.74 Å². The lowest BCUT2D eigenvalue weighted by molar-refractivity contribution is -0.0618. The Hall–Kier alpha value is -0.0400. The molecule has 1 saturated heterocycles. The monoisotopic (exact) mass is 184 g/mol. The number of hydrogen-bond donors (Lipinski definition) is 0. The first-order valence-electron chi connectivity index (χ1n) is 5.93. The highest BCUT2D eigenvalue weighted by Gasteiger charge is 2.28. The molecule has 0 aromatic carbocycles. The van der Waals surface area contributed by atoms with Crippen molar-refractivity contribution >= 4 is 0 Å². The van der Waals surface area contributed by atoms with E-state index in [0.29, 0.717) is 6.10 Å². The third kappa shape index (κ3) is 2.98. The van der Waals surface area contributed by atoms with E-state index < -0.39 is 0 Å². The fourth-order valence-corrected chi connectivity index (χ4v) is 2.36. The van der Waals surface area contributed by atoms with Gasteiger partial charge in [0.05, 0.1) is 6.10 Å². The average molecular weight is 184 g/mol. The second kappa shape index (κ2) is 5.64. The summed E-state index contributed by atoms with van der Waals surface area (Å²) < 4.78 is 5.93. The molecule has 3 atom stereocenters. The van der Waals surface area contributed by atoms with Crippen molar-refractivity contribution in [2.75, 3.05) is 6.61 Å². The van der Waals surface area contributed by atoms with Crippen LogP contribution in [-0.4, -0.2) is 12.7 Å². The summed E-state index contributed by atoms with van der Waals surface area (Å²) in [7, 11) is 0. The van der Waals surface area contributed by atoms with E-state index in [1.807, 2.05) is 0 Å². The second-order valence-electron chi connectivity index (χ2n) is 4.34. The van der Waals surface area contributed by atoms with Crippen molar-refractivity contribution in [3.8, 4) is 0 Å². The molecule has 13 heavy (non-hydrogen) atoms. The molecule has 2 unspecified atom stereocenters. The Labute approximate surface area is 82.9 Å². The van der Waals surface area contributed by atoms with E-state index >= 15 is 0 Å². The molecule has 0 bridgehead atoms. The molecule has 0 aromatic heterocycles. The standard InChI is InChI=1S/C12H24O/c1-4-7-12-11(6-3)8-10(5-2)9-13-12/h10-12H,4-9H2,1-3H3/t10?,11?,12-/m0/s1. The highest BCUT2D eigenvalue weighted by molar-refractivity contribution is 4.77. The Kier molecular flexibility index (Phi) is 4.79. The predicted octanol–water partition coefficient (Wildman–Crippen LogP) is 3.63. The fraction of sp³-hybridized carbons (Fsp3) is 1.00. The first-order valence-corrected chi connectivity index (χ1v) is 5.93. The molecule has 0 amide bonds. The van der Waals surface area contributed by atoms with Crippen LogP contribution in [0.25, 0.3) is 0 Å². The summed E-state index contributed by atoms with van der Waals surface area (Å²) in [4.78, 5) is 0. The van der Waals surface area contributed by atoms with E-state index in [4.69, 9.17) is 4.74 Å². The fourth-order valence-electron chi connectivity index (χ4n) is 2.36. The maximum absolute atomic E-state index is 5.93. The van der Waals surface area contributed by atoms with Crippen LogP contribution in [0.3, 0.4) is 0 Å². The molecule has 0 spiro atoms. The molecule has 1 nitrogen and oxygen atoms in total. The third-order valence-corrected chi connectivity index (χ3v) is 3.38. The van der Waals surface area contributed by atoms with Crippen LogP contribution < -0.4 is 0 Å². The second-order valence-corrected chi connectivity index (χ2v) is 4.34. The summed E-state index contributed by atoms with van der Waals surface area (Å²) in [5.74, 6) is 1.66. The molecule has 78 valence electrons. The van der Waals surface area contributed by atoms with Crippen molar-refractivity contribution in [3.05, 3.63) is 0 Å². The minimum atomic E-state index is 0.567. The molecule has 0 radical (unpaired) electrons. The first kappa shape index (κ1) is 11.0. The van der Waals surface area contributed by atoms with E-state index in [9.17, 15) is 0 Å². The summed E-state index contributed by atoms with van der Waals surface area (Å²) in [5, 5.41) is 0. The van der Waals surface area contributed by atoms with Crippen LogP contribution in [0.5, 0.6) is 0 Å². The average Bonchev–Trinajstić information content (AvgIpc) is 2.19. The molecule has 1 heteroatoms. The van der Waals surface area contributed by atoms with Gasteiger partial charge in [-0.3, -0.25) is 0 Å². The number of ether oxygens (including phenoxy) is 1. The van der Waals surface area contributed by atoms with Crippen LogP contribution in [0, 0.1) is 11.8 Å². The molecule has 1 aliphatic heterocycles. The van der Waals surface area contributed by atoms with Crippen molar-refractivity contribution in [2.24, 2.45) is 11.8 Å². The van der Waals surface area contributed by atoms with Crippen LogP contribution >= 0.6 is 0 Å². The smallest absolute Gasteiger partial charge is 0.0603 e. The van der Waals surface area contributed by atoms with Gasteiger partial charge in [-0.05, 0) is 24.7 Å². The van der Waals surface area contributed by atoms with Crippen molar-refractivity contribution in [2.45, 2.75) is 59.0 Å². The predicted molar refractivity (Wildman–Crippen MR) is 56.8 cm³/mol. The van der Waals surface area contributed by atoms with Crippen LogP contribution in [0.15, 0.2) is 0 Å². The topological polar surface area (TPSA) is 9.23 Å². The number of hydrogen-bond acceptors (Lipinski definition) is 1. The molecule has 0 saturated carbocycles. The highest BCUT2D eigenvalue weighted by atomic mass is 16.5. The zero-order chi connectivity index (χ0) is 9.68. The first-order chi connectivity index (χ1) is 6.31. The van der Waals surface area contributed by atoms with Gasteiger partial charge in [0.15, 0.2) is 0 Å². The van der Waals surface area contributed by atoms with Crippen LogP contribution in [0.2, 0.25) is 0 Å². The van der Waals surface area contributed by atoms with Crippen molar-refractivity contribution in [1.29, 1.82) is 0 Å². The Morgan fingerprint density at radius 1 is 1.15 bits per heavy atom. The SMILES string of the molecule is CCC[C@@H]1OCC(CC)CC1CC. The Morgan fingerprint density at radius 2 is 1.92 bits per heavy atom.